The first kappa shape index (κ1) is 12.5. The lowest BCUT2D eigenvalue weighted by Gasteiger charge is -1.99. The Balaban J connectivity index is 0.00000128. The molecule has 86 valence electrons. The van der Waals surface area contributed by atoms with Crippen molar-refractivity contribution >= 4 is 24.1 Å². The van der Waals surface area contributed by atoms with Crippen LogP contribution in [-0.4, -0.2) is 27.9 Å². The molecule has 0 fully saturated rings. The van der Waals surface area contributed by atoms with E-state index in [-0.39, 0.29) is 18.2 Å². The van der Waals surface area contributed by atoms with E-state index in [0.717, 1.165) is 11.3 Å². The molecule has 0 bridgehead atoms. The minimum atomic E-state index is -0.872. The van der Waals surface area contributed by atoms with Gasteiger partial charge in [0.1, 0.15) is 11.8 Å². The number of carboxylic acid groups (broad SMARTS) is 1. The zero-order chi connectivity index (χ0) is 10.8. The summed E-state index contributed by atoms with van der Waals surface area (Å²) in [5.41, 5.74) is 1.69. The van der Waals surface area contributed by atoms with Crippen LogP contribution in [0.3, 0.4) is 0 Å². The van der Waals surface area contributed by atoms with Crippen molar-refractivity contribution < 1.29 is 15.0 Å². The number of nitrogens with zero attached hydrogens (tertiary/aromatic N) is 1. The molecule has 5 heteroatoms. The second kappa shape index (κ2) is 4.99. The highest BCUT2D eigenvalue weighted by Crippen LogP contribution is 2.20. The monoisotopic (exact) mass is 241 g/mol. The first-order valence-corrected chi connectivity index (χ1v) is 4.75. The van der Waals surface area contributed by atoms with E-state index in [9.17, 15) is 4.79 Å². The van der Waals surface area contributed by atoms with E-state index in [1.807, 2.05) is 0 Å². The van der Waals surface area contributed by atoms with Gasteiger partial charge < -0.3 is 10.2 Å². The predicted molar refractivity (Wildman–Crippen MR) is 62.5 cm³/mol. The maximum atomic E-state index is 10.7. The van der Waals surface area contributed by atoms with Crippen molar-refractivity contribution in [2.75, 3.05) is 0 Å². The molecule has 0 amide bonds. The van der Waals surface area contributed by atoms with Gasteiger partial charge in [0.15, 0.2) is 0 Å². The molecule has 1 aromatic rings. The maximum absolute atomic E-state index is 10.7. The van der Waals surface area contributed by atoms with Crippen LogP contribution in [0.4, 0.5) is 0 Å². The third kappa shape index (κ3) is 2.52. The number of phenols is 1. The normalized spacial score (nSPS) is 18.8. The third-order valence-electron chi connectivity index (χ3n) is 2.45. The number of aliphatic imine (C=N–C) groups is 1. The van der Waals surface area contributed by atoms with Crippen LogP contribution in [0.25, 0.3) is 0 Å². The van der Waals surface area contributed by atoms with Gasteiger partial charge in [-0.1, -0.05) is 0 Å². The van der Waals surface area contributed by atoms with E-state index in [1.54, 1.807) is 24.3 Å². The number of aliphatic carboxylic acids is 1. The molecule has 16 heavy (non-hydrogen) atoms. The average molecular weight is 242 g/mol. The van der Waals surface area contributed by atoms with Crippen LogP contribution in [-0.2, 0) is 4.79 Å². The Morgan fingerprint density at radius 3 is 2.44 bits per heavy atom. The van der Waals surface area contributed by atoms with Crippen LogP contribution < -0.4 is 0 Å². The van der Waals surface area contributed by atoms with Gasteiger partial charge in [0.25, 0.3) is 0 Å². The number of carbonyl (C=O) groups is 1. The number of hydrogen-bond acceptors (Lipinski definition) is 3. The van der Waals surface area contributed by atoms with Gasteiger partial charge in [-0.2, -0.15) is 0 Å². The predicted octanol–water partition coefficient (Wildman–Crippen LogP) is 1.85. The molecule has 2 rings (SSSR count). The van der Waals surface area contributed by atoms with Crippen molar-refractivity contribution in [1.82, 2.24) is 0 Å². The Bertz CT molecular complexity index is 414. The van der Waals surface area contributed by atoms with Crippen LogP contribution in [0.15, 0.2) is 29.3 Å². The number of carboxylic acids is 1. The number of rotatable bonds is 2. The summed E-state index contributed by atoms with van der Waals surface area (Å²) in [5.74, 6) is -0.670. The SMILES string of the molecule is Cl.O=C(O)C1CCC(c2ccc(O)cc2)=N1. The molecule has 1 aliphatic rings. The lowest BCUT2D eigenvalue weighted by molar-refractivity contribution is -0.138. The molecule has 1 heterocycles. The fraction of sp³-hybridized carbons (Fsp3) is 0.273. The molecule has 0 radical (unpaired) electrons. The van der Waals surface area contributed by atoms with Gasteiger partial charge in [-0.25, -0.2) is 4.79 Å². The minimum absolute atomic E-state index is 0. The first-order valence-electron chi connectivity index (χ1n) is 4.75. The van der Waals surface area contributed by atoms with Gasteiger partial charge in [-0.3, -0.25) is 4.99 Å². The van der Waals surface area contributed by atoms with Crippen molar-refractivity contribution in [3.8, 4) is 5.75 Å². The number of hydrogen-bond donors (Lipinski definition) is 2. The zero-order valence-corrected chi connectivity index (χ0v) is 9.28. The van der Waals surface area contributed by atoms with Gasteiger partial charge in [0.05, 0.1) is 0 Å². The summed E-state index contributed by atoms with van der Waals surface area (Å²) in [6, 6.07) is 6.04. The van der Waals surface area contributed by atoms with E-state index in [0.29, 0.717) is 12.8 Å². The fourth-order valence-corrected chi connectivity index (χ4v) is 1.64. The number of aromatic hydroxyl groups is 1. The van der Waals surface area contributed by atoms with E-state index in [2.05, 4.69) is 4.99 Å². The Kier molecular flexibility index (Phi) is 3.90. The smallest absolute Gasteiger partial charge is 0.328 e. The maximum Gasteiger partial charge on any atom is 0.328 e. The largest absolute Gasteiger partial charge is 0.508 e. The second-order valence-corrected chi connectivity index (χ2v) is 3.52. The summed E-state index contributed by atoms with van der Waals surface area (Å²) in [6.45, 7) is 0. The lowest BCUT2D eigenvalue weighted by Crippen LogP contribution is -2.13. The van der Waals surface area contributed by atoms with Crippen LogP contribution in [0.1, 0.15) is 18.4 Å². The molecular formula is C11H12ClNO3. The highest BCUT2D eigenvalue weighted by Gasteiger charge is 2.23. The van der Waals surface area contributed by atoms with Crippen molar-refractivity contribution in [1.29, 1.82) is 0 Å². The van der Waals surface area contributed by atoms with Gasteiger partial charge in [0, 0.05) is 5.71 Å². The summed E-state index contributed by atoms with van der Waals surface area (Å²) in [6.07, 6.45) is 1.24. The molecule has 1 aliphatic heterocycles. The second-order valence-electron chi connectivity index (χ2n) is 3.52. The quantitative estimate of drug-likeness (QED) is 0.830. The summed E-state index contributed by atoms with van der Waals surface area (Å²) >= 11 is 0. The fourth-order valence-electron chi connectivity index (χ4n) is 1.64. The highest BCUT2D eigenvalue weighted by molar-refractivity contribution is 6.03. The topological polar surface area (TPSA) is 69.9 Å². The third-order valence-corrected chi connectivity index (χ3v) is 2.45. The number of benzene rings is 1. The molecule has 0 saturated carbocycles. The zero-order valence-electron chi connectivity index (χ0n) is 8.46. The average Bonchev–Trinajstić information content (AvgIpc) is 2.68. The molecule has 1 unspecified atom stereocenters. The summed E-state index contributed by atoms with van der Waals surface area (Å²) in [7, 11) is 0. The van der Waals surface area contributed by atoms with Crippen molar-refractivity contribution in [2.45, 2.75) is 18.9 Å². The van der Waals surface area contributed by atoms with Crippen LogP contribution >= 0.6 is 12.4 Å². The van der Waals surface area contributed by atoms with Gasteiger partial charge in [-0.15, -0.1) is 12.4 Å². The van der Waals surface area contributed by atoms with Crippen molar-refractivity contribution in [3.63, 3.8) is 0 Å². The Morgan fingerprint density at radius 1 is 1.31 bits per heavy atom. The van der Waals surface area contributed by atoms with E-state index < -0.39 is 12.0 Å². The summed E-state index contributed by atoms with van der Waals surface area (Å²) < 4.78 is 0. The molecule has 0 aliphatic carbocycles. The molecular weight excluding hydrogens is 230 g/mol. The molecule has 2 N–H and O–H groups in total. The van der Waals surface area contributed by atoms with Crippen LogP contribution in [0.2, 0.25) is 0 Å². The summed E-state index contributed by atoms with van der Waals surface area (Å²) in [5, 5.41) is 17.9. The Hall–Kier alpha value is -1.55. The number of phenolic OH excluding ortho intramolecular Hbond substituents is 1. The van der Waals surface area contributed by atoms with E-state index in [1.165, 1.54) is 0 Å². The van der Waals surface area contributed by atoms with E-state index in [4.69, 9.17) is 10.2 Å². The Morgan fingerprint density at radius 2 is 1.94 bits per heavy atom. The standard InChI is InChI=1S/C11H11NO3.ClH/c13-8-3-1-7(2-4-8)9-5-6-10(12-9)11(14)15;/h1-4,10,13H,5-6H2,(H,14,15);1H. The van der Waals surface area contributed by atoms with Crippen LogP contribution in [0.5, 0.6) is 5.75 Å². The lowest BCUT2D eigenvalue weighted by atomic mass is 10.1. The molecule has 0 spiro atoms. The van der Waals surface area contributed by atoms with Crippen molar-refractivity contribution in [2.24, 2.45) is 4.99 Å². The van der Waals surface area contributed by atoms with Crippen LogP contribution in [0, 0.1) is 0 Å². The van der Waals surface area contributed by atoms with Gasteiger partial charge in [0.2, 0.25) is 0 Å². The first-order chi connectivity index (χ1) is 7.16. The molecule has 0 saturated heterocycles. The number of halogens is 1. The molecule has 4 nitrogen and oxygen atoms in total. The molecule has 1 atom stereocenters. The Labute approximate surface area is 99.0 Å². The molecule has 0 aromatic heterocycles. The molecule has 1 aromatic carbocycles. The van der Waals surface area contributed by atoms with Gasteiger partial charge >= 0.3 is 5.97 Å². The van der Waals surface area contributed by atoms with Gasteiger partial charge in [-0.05, 0) is 42.7 Å². The van der Waals surface area contributed by atoms with E-state index >= 15 is 0 Å². The minimum Gasteiger partial charge on any atom is -0.508 e. The highest BCUT2D eigenvalue weighted by atomic mass is 35.5. The van der Waals surface area contributed by atoms with Crippen molar-refractivity contribution in [3.05, 3.63) is 29.8 Å². The summed E-state index contributed by atoms with van der Waals surface area (Å²) in [4.78, 5) is 14.8.